The number of ether oxygens (including phenoxy) is 1. The first-order valence-corrected chi connectivity index (χ1v) is 6.97. The Morgan fingerprint density at radius 1 is 1.32 bits per heavy atom. The number of hydrogen-bond acceptors (Lipinski definition) is 3. The lowest BCUT2D eigenvalue weighted by molar-refractivity contribution is -0.143. The van der Waals surface area contributed by atoms with Crippen molar-refractivity contribution >= 4 is 5.97 Å². The summed E-state index contributed by atoms with van der Waals surface area (Å²) in [5.41, 5.74) is 2.59. The first-order valence-electron chi connectivity index (χ1n) is 6.97. The molecule has 0 aliphatic rings. The highest BCUT2D eigenvalue weighted by molar-refractivity contribution is 5.69. The summed E-state index contributed by atoms with van der Waals surface area (Å²) in [5, 5.41) is 0. The van der Waals surface area contributed by atoms with Crippen LogP contribution in [0.5, 0.6) is 0 Å². The highest BCUT2D eigenvalue weighted by Crippen LogP contribution is 2.19. The summed E-state index contributed by atoms with van der Waals surface area (Å²) in [7, 11) is 2.09. The molecule has 19 heavy (non-hydrogen) atoms. The number of carbonyl (C=O) groups excluding carboxylic acids is 1. The molecule has 0 N–H and O–H groups in total. The van der Waals surface area contributed by atoms with E-state index in [0.717, 1.165) is 13.0 Å². The van der Waals surface area contributed by atoms with Gasteiger partial charge in [0.1, 0.15) is 0 Å². The van der Waals surface area contributed by atoms with Crippen LogP contribution < -0.4 is 0 Å². The molecule has 1 aromatic rings. The minimum atomic E-state index is -0.0983. The number of nitrogens with zero attached hydrogens (tertiary/aromatic N) is 1. The summed E-state index contributed by atoms with van der Waals surface area (Å²) < 4.78 is 4.92. The summed E-state index contributed by atoms with van der Waals surface area (Å²) >= 11 is 0. The second kappa shape index (κ2) is 7.95. The van der Waals surface area contributed by atoms with Crippen molar-refractivity contribution < 1.29 is 9.53 Å². The van der Waals surface area contributed by atoms with Crippen molar-refractivity contribution in [2.24, 2.45) is 0 Å². The van der Waals surface area contributed by atoms with Gasteiger partial charge in [0, 0.05) is 12.5 Å². The Labute approximate surface area is 116 Å². The van der Waals surface area contributed by atoms with Gasteiger partial charge in [-0.15, -0.1) is 0 Å². The van der Waals surface area contributed by atoms with E-state index >= 15 is 0 Å². The van der Waals surface area contributed by atoms with Gasteiger partial charge in [0.2, 0.25) is 0 Å². The minimum Gasteiger partial charge on any atom is -0.466 e. The second-order valence-electron chi connectivity index (χ2n) is 4.98. The van der Waals surface area contributed by atoms with E-state index in [1.54, 1.807) is 0 Å². The molecule has 3 heteroatoms. The molecule has 0 spiro atoms. The SMILES string of the molecule is CCOC(=O)CCCN(C)C(C)c1ccc(C)cc1. The highest BCUT2D eigenvalue weighted by atomic mass is 16.5. The van der Waals surface area contributed by atoms with Gasteiger partial charge in [0.15, 0.2) is 0 Å². The smallest absolute Gasteiger partial charge is 0.305 e. The van der Waals surface area contributed by atoms with Crippen LogP contribution in [-0.4, -0.2) is 31.1 Å². The van der Waals surface area contributed by atoms with E-state index in [1.807, 2.05) is 6.92 Å². The van der Waals surface area contributed by atoms with Crippen LogP contribution in [0, 0.1) is 6.92 Å². The molecule has 0 saturated carbocycles. The first kappa shape index (κ1) is 15.7. The molecule has 0 amide bonds. The molecule has 1 rings (SSSR count). The van der Waals surface area contributed by atoms with Crippen molar-refractivity contribution in [2.75, 3.05) is 20.2 Å². The van der Waals surface area contributed by atoms with Gasteiger partial charge in [-0.1, -0.05) is 29.8 Å². The lowest BCUT2D eigenvalue weighted by Gasteiger charge is -2.25. The van der Waals surface area contributed by atoms with E-state index in [1.165, 1.54) is 11.1 Å². The predicted octanol–water partition coefficient (Wildman–Crippen LogP) is 3.33. The number of aryl methyl sites for hydroxylation is 1. The third-order valence-corrected chi connectivity index (χ3v) is 3.42. The molecule has 0 heterocycles. The molecule has 1 unspecified atom stereocenters. The Morgan fingerprint density at radius 3 is 2.53 bits per heavy atom. The summed E-state index contributed by atoms with van der Waals surface area (Å²) in [6.45, 7) is 7.48. The Hall–Kier alpha value is -1.35. The third kappa shape index (κ3) is 5.43. The van der Waals surface area contributed by atoms with Gasteiger partial charge in [0.05, 0.1) is 6.61 Å². The predicted molar refractivity (Wildman–Crippen MR) is 78.1 cm³/mol. The number of benzene rings is 1. The third-order valence-electron chi connectivity index (χ3n) is 3.42. The lowest BCUT2D eigenvalue weighted by atomic mass is 10.1. The Morgan fingerprint density at radius 2 is 1.95 bits per heavy atom. The van der Waals surface area contributed by atoms with E-state index < -0.39 is 0 Å². The van der Waals surface area contributed by atoms with Gasteiger partial charge in [-0.3, -0.25) is 9.69 Å². The highest BCUT2D eigenvalue weighted by Gasteiger charge is 2.11. The number of rotatable bonds is 7. The van der Waals surface area contributed by atoms with E-state index in [0.29, 0.717) is 19.1 Å². The molecule has 0 saturated heterocycles. The van der Waals surface area contributed by atoms with E-state index in [9.17, 15) is 4.79 Å². The normalized spacial score (nSPS) is 12.5. The second-order valence-corrected chi connectivity index (χ2v) is 4.98. The van der Waals surface area contributed by atoms with Crippen molar-refractivity contribution in [1.82, 2.24) is 4.90 Å². The van der Waals surface area contributed by atoms with E-state index in [4.69, 9.17) is 4.74 Å². The van der Waals surface area contributed by atoms with Crippen LogP contribution in [0.4, 0.5) is 0 Å². The maximum Gasteiger partial charge on any atom is 0.305 e. The van der Waals surface area contributed by atoms with Crippen LogP contribution >= 0.6 is 0 Å². The molecule has 1 aromatic carbocycles. The molecule has 0 fully saturated rings. The molecular weight excluding hydrogens is 238 g/mol. The maximum absolute atomic E-state index is 11.3. The van der Waals surface area contributed by atoms with Crippen molar-refractivity contribution in [3.63, 3.8) is 0 Å². The lowest BCUT2D eigenvalue weighted by Crippen LogP contribution is -2.24. The van der Waals surface area contributed by atoms with Crippen LogP contribution in [0.25, 0.3) is 0 Å². The first-order chi connectivity index (χ1) is 9.04. The zero-order chi connectivity index (χ0) is 14.3. The average Bonchev–Trinajstić information content (AvgIpc) is 2.39. The van der Waals surface area contributed by atoms with Gasteiger partial charge in [0.25, 0.3) is 0 Å². The fourth-order valence-electron chi connectivity index (χ4n) is 2.00. The molecule has 1 atom stereocenters. The topological polar surface area (TPSA) is 29.5 Å². The monoisotopic (exact) mass is 263 g/mol. The molecule has 0 aromatic heterocycles. The zero-order valence-electron chi connectivity index (χ0n) is 12.5. The van der Waals surface area contributed by atoms with Gasteiger partial charge in [-0.25, -0.2) is 0 Å². The molecule has 0 aliphatic heterocycles. The molecular formula is C16H25NO2. The summed E-state index contributed by atoms with van der Waals surface area (Å²) in [6.07, 6.45) is 1.34. The standard InChI is InChI=1S/C16H25NO2/c1-5-19-16(18)7-6-12-17(4)14(3)15-10-8-13(2)9-11-15/h8-11,14H,5-7,12H2,1-4H3. The van der Waals surface area contributed by atoms with Crippen molar-refractivity contribution in [2.45, 2.75) is 39.7 Å². The van der Waals surface area contributed by atoms with Gasteiger partial charge < -0.3 is 4.74 Å². The van der Waals surface area contributed by atoms with E-state index in [-0.39, 0.29) is 5.97 Å². The summed E-state index contributed by atoms with van der Waals surface area (Å²) in [5.74, 6) is -0.0983. The van der Waals surface area contributed by atoms with Crippen molar-refractivity contribution in [1.29, 1.82) is 0 Å². The number of esters is 1. The van der Waals surface area contributed by atoms with E-state index in [2.05, 4.69) is 50.1 Å². The Balaban J connectivity index is 2.38. The molecule has 106 valence electrons. The quantitative estimate of drug-likeness (QED) is 0.707. The Kier molecular flexibility index (Phi) is 6.57. The van der Waals surface area contributed by atoms with Gasteiger partial charge >= 0.3 is 5.97 Å². The number of hydrogen-bond donors (Lipinski definition) is 0. The summed E-state index contributed by atoms with van der Waals surface area (Å²) in [6, 6.07) is 8.98. The molecule has 0 aliphatic carbocycles. The molecule has 0 bridgehead atoms. The van der Waals surface area contributed by atoms with Crippen molar-refractivity contribution in [3.05, 3.63) is 35.4 Å². The van der Waals surface area contributed by atoms with Crippen LogP contribution in [-0.2, 0) is 9.53 Å². The zero-order valence-corrected chi connectivity index (χ0v) is 12.5. The van der Waals surface area contributed by atoms with Crippen LogP contribution in [0.2, 0.25) is 0 Å². The molecule has 3 nitrogen and oxygen atoms in total. The fourth-order valence-corrected chi connectivity index (χ4v) is 2.00. The number of carbonyl (C=O) groups is 1. The summed E-state index contributed by atoms with van der Waals surface area (Å²) in [4.78, 5) is 13.5. The van der Waals surface area contributed by atoms with Crippen LogP contribution in [0.15, 0.2) is 24.3 Å². The van der Waals surface area contributed by atoms with Crippen LogP contribution in [0.1, 0.15) is 43.9 Å². The molecule has 0 radical (unpaired) electrons. The Bertz CT molecular complexity index is 386. The maximum atomic E-state index is 11.3. The fraction of sp³-hybridized carbons (Fsp3) is 0.562. The largest absolute Gasteiger partial charge is 0.466 e. The van der Waals surface area contributed by atoms with Crippen molar-refractivity contribution in [3.8, 4) is 0 Å². The van der Waals surface area contributed by atoms with Crippen LogP contribution in [0.3, 0.4) is 0 Å². The average molecular weight is 263 g/mol. The minimum absolute atomic E-state index is 0.0983. The van der Waals surface area contributed by atoms with Gasteiger partial charge in [-0.05, 0) is 46.3 Å². The van der Waals surface area contributed by atoms with Gasteiger partial charge in [-0.2, -0.15) is 0 Å².